The number of pyridine rings is 1. The number of aromatic nitrogens is 2. The van der Waals surface area contributed by atoms with Gasteiger partial charge in [0.1, 0.15) is 17.0 Å². The molecule has 0 aliphatic heterocycles. The smallest absolute Gasteiger partial charge is 0.263 e. The lowest BCUT2D eigenvalue weighted by Crippen LogP contribution is -2.27. The maximum absolute atomic E-state index is 12.5. The molecule has 100 valence electrons. The van der Waals surface area contributed by atoms with Gasteiger partial charge in [0.2, 0.25) is 5.88 Å². The second-order valence-electron chi connectivity index (χ2n) is 4.10. The lowest BCUT2D eigenvalue weighted by molar-refractivity contribution is 0.0990. The van der Waals surface area contributed by atoms with E-state index in [-0.39, 0.29) is 5.91 Å². The van der Waals surface area contributed by atoms with Crippen molar-refractivity contribution in [2.24, 2.45) is 0 Å². The van der Waals surface area contributed by atoms with Crippen molar-refractivity contribution in [2.75, 3.05) is 19.1 Å². The minimum Gasteiger partial charge on any atom is -0.480 e. The molecule has 0 unspecified atom stereocenters. The zero-order chi connectivity index (χ0) is 14.0. The molecule has 6 nitrogen and oxygen atoms in total. The molecule has 0 saturated heterocycles. The molecular weight excluding hydrogens is 246 g/mol. The zero-order valence-corrected chi connectivity index (χ0v) is 11.3. The van der Waals surface area contributed by atoms with Gasteiger partial charge in [0.25, 0.3) is 5.91 Å². The Kier molecular flexibility index (Phi) is 3.50. The SMILES string of the molecule is COc1ncccc1N(C)C(=O)c1c(C)noc1C. The summed E-state index contributed by atoms with van der Waals surface area (Å²) in [4.78, 5) is 18.0. The van der Waals surface area contributed by atoms with Crippen LogP contribution in [-0.4, -0.2) is 30.2 Å². The van der Waals surface area contributed by atoms with Crippen molar-refractivity contribution in [3.63, 3.8) is 0 Å². The topological polar surface area (TPSA) is 68.5 Å². The number of hydrogen-bond acceptors (Lipinski definition) is 5. The summed E-state index contributed by atoms with van der Waals surface area (Å²) in [6.07, 6.45) is 1.61. The van der Waals surface area contributed by atoms with Gasteiger partial charge < -0.3 is 14.2 Å². The highest BCUT2D eigenvalue weighted by Crippen LogP contribution is 2.26. The number of amides is 1. The molecule has 0 aromatic carbocycles. The van der Waals surface area contributed by atoms with Crippen molar-refractivity contribution in [1.29, 1.82) is 0 Å². The number of anilines is 1. The first kappa shape index (κ1) is 13.1. The molecule has 0 radical (unpaired) electrons. The molecule has 0 saturated carbocycles. The summed E-state index contributed by atoms with van der Waals surface area (Å²) in [5.74, 6) is 0.685. The Labute approximate surface area is 111 Å². The van der Waals surface area contributed by atoms with E-state index >= 15 is 0 Å². The van der Waals surface area contributed by atoms with Crippen molar-refractivity contribution in [1.82, 2.24) is 10.1 Å². The largest absolute Gasteiger partial charge is 0.480 e. The number of ether oxygens (including phenoxy) is 1. The molecule has 0 N–H and O–H groups in total. The Bertz CT molecular complexity index is 587. The Morgan fingerprint density at radius 2 is 2.16 bits per heavy atom. The molecular formula is C13H15N3O3. The molecule has 2 heterocycles. The van der Waals surface area contributed by atoms with Gasteiger partial charge in [-0.3, -0.25) is 4.79 Å². The number of carbonyl (C=O) groups is 1. The minimum absolute atomic E-state index is 0.206. The van der Waals surface area contributed by atoms with Crippen molar-refractivity contribution >= 4 is 11.6 Å². The Hall–Kier alpha value is -2.37. The Morgan fingerprint density at radius 3 is 2.74 bits per heavy atom. The number of aryl methyl sites for hydroxylation is 2. The molecule has 2 rings (SSSR count). The van der Waals surface area contributed by atoms with Crippen LogP contribution in [0.15, 0.2) is 22.9 Å². The Morgan fingerprint density at radius 1 is 1.42 bits per heavy atom. The third kappa shape index (κ3) is 2.29. The summed E-state index contributed by atoms with van der Waals surface area (Å²) < 4.78 is 10.2. The lowest BCUT2D eigenvalue weighted by Gasteiger charge is -2.18. The van der Waals surface area contributed by atoms with Gasteiger partial charge in [0.05, 0.1) is 12.8 Å². The van der Waals surface area contributed by atoms with Gasteiger partial charge in [0, 0.05) is 13.2 Å². The average molecular weight is 261 g/mol. The van der Waals surface area contributed by atoms with Crippen LogP contribution in [0.1, 0.15) is 21.8 Å². The van der Waals surface area contributed by atoms with Crippen molar-refractivity contribution < 1.29 is 14.1 Å². The third-order valence-corrected chi connectivity index (χ3v) is 2.86. The molecule has 0 bridgehead atoms. The summed E-state index contributed by atoms with van der Waals surface area (Å²) in [6.45, 7) is 3.44. The quantitative estimate of drug-likeness (QED) is 0.845. The van der Waals surface area contributed by atoms with E-state index in [4.69, 9.17) is 9.26 Å². The van der Waals surface area contributed by atoms with Crippen molar-refractivity contribution in [3.8, 4) is 5.88 Å². The highest BCUT2D eigenvalue weighted by Gasteiger charge is 2.23. The van der Waals surface area contributed by atoms with Crippen LogP contribution in [0.3, 0.4) is 0 Å². The number of carbonyl (C=O) groups excluding carboxylic acids is 1. The van der Waals surface area contributed by atoms with E-state index in [1.165, 1.54) is 12.0 Å². The molecule has 19 heavy (non-hydrogen) atoms. The monoisotopic (exact) mass is 261 g/mol. The molecule has 0 atom stereocenters. The van der Waals surface area contributed by atoms with Gasteiger partial charge in [-0.25, -0.2) is 4.98 Å². The Balaban J connectivity index is 2.39. The van der Waals surface area contributed by atoms with Crippen LogP contribution in [0.5, 0.6) is 5.88 Å². The number of nitrogens with zero attached hydrogens (tertiary/aromatic N) is 3. The van der Waals surface area contributed by atoms with E-state index < -0.39 is 0 Å². The van der Waals surface area contributed by atoms with Crippen molar-refractivity contribution in [2.45, 2.75) is 13.8 Å². The van der Waals surface area contributed by atoms with Gasteiger partial charge in [-0.1, -0.05) is 5.16 Å². The van der Waals surface area contributed by atoms with Gasteiger partial charge in [-0.15, -0.1) is 0 Å². The standard InChI is InChI=1S/C13H15N3O3/c1-8-11(9(2)19-15-8)13(17)16(3)10-6-5-7-14-12(10)18-4/h5-7H,1-4H3. The van der Waals surface area contributed by atoms with Crippen LogP contribution in [0.25, 0.3) is 0 Å². The fourth-order valence-electron chi connectivity index (χ4n) is 1.86. The minimum atomic E-state index is -0.206. The number of rotatable bonds is 3. The van der Waals surface area contributed by atoms with E-state index in [0.29, 0.717) is 28.6 Å². The summed E-state index contributed by atoms with van der Waals surface area (Å²) in [5.41, 5.74) is 1.63. The molecule has 2 aromatic heterocycles. The lowest BCUT2D eigenvalue weighted by atomic mass is 10.1. The first-order chi connectivity index (χ1) is 9.06. The zero-order valence-electron chi connectivity index (χ0n) is 11.3. The van der Waals surface area contributed by atoms with Crippen molar-refractivity contribution in [3.05, 3.63) is 35.3 Å². The summed E-state index contributed by atoms with van der Waals surface area (Å²) in [7, 11) is 3.17. The van der Waals surface area contributed by atoms with Gasteiger partial charge >= 0.3 is 0 Å². The number of methoxy groups -OCH3 is 1. The normalized spacial score (nSPS) is 10.3. The van der Waals surface area contributed by atoms with Crippen LogP contribution in [0.2, 0.25) is 0 Å². The van der Waals surface area contributed by atoms with Crippen LogP contribution in [0, 0.1) is 13.8 Å². The molecule has 1 amide bonds. The fourth-order valence-corrected chi connectivity index (χ4v) is 1.86. The summed E-state index contributed by atoms with van der Waals surface area (Å²) in [6, 6.07) is 3.51. The molecule has 0 spiro atoms. The molecule has 2 aromatic rings. The fraction of sp³-hybridized carbons (Fsp3) is 0.308. The maximum Gasteiger partial charge on any atom is 0.263 e. The van der Waals surface area contributed by atoms with Crippen LogP contribution in [-0.2, 0) is 0 Å². The predicted octanol–water partition coefficient (Wildman–Crippen LogP) is 1.97. The highest BCUT2D eigenvalue weighted by atomic mass is 16.5. The highest BCUT2D eigenvalue weighted by molar-refractivity contribution is 6.07. The van der Waals surface area contributed by atoms with Crippen LogP contribution < -0.4 is 9.64 Å². The third-order valence-electron chi connectivity index (χ3n) is 2.86. The van der Waals surface area contributed by atoms with E-state index in [9.17, 15) is 4.79 Å². The van der Waals surface area contributed by atoms with E-state index in [2.05, 4.69) is 10.1 Å². The molecule has 0 aliphatic rings. The first-order valence-electron chi connectivity index (χ1n) is 5.76. The average Bonchev–Trinajstić information content (AvgIpc) is 2.76. The number of hydrogen-bond donors (Lipinski definition) is 0. The second kappa shape index (κ2) is 5.09. The molecule has 0 aliphatic carbocycles. The van der Waals surface area contributed by atoms with Crippen LogP contribution in [0.4, 0.5) is 5.69 Å². The second-order valence-corrected chi connectivity index (χ2v) is 4.10. The van der Waals surface area contributed by atoms with E-state index in [1.807, 2.05) is 0 Å². The van der Waals surface area contributed by atoms with Gasteiger partial charge in [0.15, 0.2) is 0 Å². The van der Waals surface area contributed by atoms with Gasteiger partial charge in [-0.2, -0.15) is 0 Å². The summed E-state index contributed by atoms with van der Waals surface area (Å²) >= 11 is 0. The van der Waals surface area contributed by atoms with E-state index in [1.54, 1.807) is 39.2 Å². The molecule has 6 heteroatoms. The van der Waals surface area contributed by atoms with Gasteiger partial charge in [-0.05, 0) is 26.0 Å². The molecule has 0 fully saturated rings. The summed E-state index contributed by atoms with van der Waals surface area (Å²) in [5, 5.41) is 3.79. The van der Waals surface area contributed by atoms with Crippen LogP contribution >= 0.6 is 0 Å². The van der Waals surface area contributed by atoms with E-state index in [0.717, 1.165) is 0 Å². The first-order valence-corrected chi connectivity index (χ1v) is 5.76. The maximum atomic E-state index is 12.5. The predicted molar refractivity (Wildman–Crippen MR) is 69.5 cm³/mol.